The van der Waals surface area contributed by atoms with Crippen molar-refractivity contribution in [2.24, 2.45) is 0 Å². The van der Waals surface area contributed by atoms with E-state index in [4.69, 9.17) is 9.47 Å². The molecule has 1 aliphatic rings. The molecule has 2 aromatic carbocycles. The molecule has 1 aliphatic heterocycles. The number of benzene rings is 2. The average Bonchev–Trinajstić information content (AvgIpc) is 3.27. The molecule has 162 valence electrons. The standard InChI is InChI=1S/C25H23N3O4/c29-25(30)12-16-8-10-31-24-14-20(5-6-21(16)24)32-23(13-19-3-1-2-9-26-19)17-4-7-22-18(11-17)15-27-28-22/h1-7,9,11,14-16,23H,8,10,12-13H2,(H,27,28)(H,29,30). The molecule has 0 amide bonds. The minimum atomic E-state index is -0.798. The summed E-state index contributed by atoms with van der Waals surface area (Å²) >= 11 is 0. The first-order valence-corrected chi connectivity index (χ1v) is 10.6. The van der Waals surface area contributed by atoms with E-state index < -0.39 is 5.97 Å². The van der Waals surface area contributed by atoms with E-state index in [1.807, 2.05) is 48.5 Å². The molecule has 3 heterocycles. The van der Waals surface area contributed by atoms with Crippen molar-refractivity contribution in [2.75, 3.05) is 6.61 Å². The maximum atomic E-state index is 11.2. The summed E-state index contributed by atoms with van der Waals surface area (Å²) in [5.74, 6) is 0.529. The highest BCUT2D eigenvalue weighted by Crippen LogP contribution is 2.39. The van der Waals surface area contributed by atoms with Crippen molar-refractivity contribution in [1.29, 1.82) is 0 Å². The first kappa shape index (κ1) is 20.1. The van der Waals surface area contributed by atoms with Gasteiger partial charge in [-0.1, -0.05) is 18.2 Å². The molecule has 4 aromatic rings. The van der Waals surface area contributed by atoms with Gasteiger partial charge in [-0.05, 0) is 47.9 Å². The molecule has 5 rings (SSSR count). The highest BCUT2D eigenvalue weighted by Gasteiger charge is 2.25. The van der Waals surface area contributed by atoms with Gasteiger partial charge in [-0.25, -0.2) is 0 Å². The molecule has 0 saturated carbocycles. The SMILES string of the molecule is O=C(O)CC1CCOc2cc(OC(Cc3ccccn3)c3ccc4[nH]ncc4c3)ccc21. The Morgan fingerprint density at radius 1 is 1.22 bits per heavy atom. The third kappa shape index (κ3) is 4.27. The number of nitrogens with one attached hydrogen (secondary N) is 1. The van der Waals surface area contributed by atoms with E-state index in [2.05, 4.69) is 21.2 Å². The lowest BCUT2D eigenvalue weighted by atomic mass is 9.90. The molecule has 7 heteroatoms. The Labute approximate surface area is 185 Å². The van der Waals surface area contributed by atoms with Crippen molar-refractivity contribution in [2.45, 2.75) is 31.3 Å². The van der Waals surface area contributed by atoms with Crippen LogP contribution in [0.3, 0.4) is 0 Å². The van der Waals surface area contributed by atoms with Crippen molar-refractivity contribution >= 4 is 16.9 Å². The predicted molar refractivity (Wildman–Crippen MR) is 119 cm³/mol. The van der Waals surface area contributed by atoms with Gasteiger partial charge in [0.2, 0.25) is 0 Å². The molecule has 0 bridgehead atoms. The van der Waals surface area contributed by atoms with Gasteiger partial charge in [0.25, 0.3) is 0 Å². The monoisotopic (exact) mass is 429 g/mol. The van der Waals surface area contributed by atoms with Gasteiger partial charge in [-0.2, -0.15) is 5.10 Å². The van der Waals surface area contributed by atoms with Crippen molar-refractivity contribution in [3.63, 3.8) is 0 Å². The quantitative estimate of drug-likeness (QED) is 0.443. The van der Waals surface area contributed by atoms with Crippen LogP contribution in [0.15, 0.2) is 67.0 Å². The van der Waals surface area contributed by atoms with Crippen LogP contribution in [0.5, 0.6) is 11.5 Å². The molecule has 2 aromatic heterocycles. The molecule has 2 atom stereocenters. The fourth-order valence-electron chi connectivity index (χ4n) is 4.20. The van der Waals surface area contributed by atoms with E-state index in [-0.39, 0.29) is 18.4 Å². The van der Waals surface area contributed by atoms with E-state index in [0.29, 0.717) is 30.9 Å². The van der Waals surface area contributed by atoms with Gasteiger partial charge < -0.3 is 14.6 Å². The lowest BCUT2D eigenvalue weighted by Gasteiger charge is -2.26. The van der Waals surface area contributed by atoms with Crippen LogP contribution in [0.25, 0.3) is 10.9 Å². The second-order valence-electron chi connectivity index (χ2n) is 7.98. The Morgan fingerprint density at radius 3 is 3.00 bits per heavy atom. The third-order valence-corrected chi connectivity index (χ3v) is 5.80. The first-order chi connectivity index (χ1) is 15.7. The summed E-state index contributed by atoms with van der Waals surface area (Å²) < 4.78 is 12.3. The van der Waals surface area contributed by atoms with Crippen LogP contribution in [0, 0.1) is 0 Å². The van der Waals surface area contributed by atoms with E-state index in [1.165, 1.54) is 0 Å². The number of hydrogen-bond acceptors (Lipinski definition) is 5. The lowest BCUT2D eigenvalue weighted by Crippen LogP contribution is -2.17. The summed E-state index contributed by atoms with van der Waals surface area (Å²) in [6.07, 6.45) is 4.72. The third-order valence-electron chi connectivity index (χ3n) is 5.80. The minimum Gasteiger partial charge on any atom is -0.493 e. The molecule has 0 aliphatic carbocycles. The number of carboxylic acid groups (broad SMARTS) is 1. The topological polar surface area (TPSA) is 97.3 Å². The number of H-pyrrole nitrogens is 1. The number of rotatable bonds is 7. The number of ether oxygens (including phenoxy) is 2. The Morgan fingerprint density at radius 2 is 2.16 bits per heavy atom. The smallest absolute Gasteiger partial charge is 0.303 e. The summed E-state index contributed by atoms with van der Waals surface area (Å²) in [5, 5.41) is 17.3. The van der Waals surface area contributed by atoms with Crippen molar-refractivity contribution in [3.8, 4) is 11.5 Å². The zero-order chi connectivity index (χ0) is 21.9. The molecule has 2 N–H and O–H groups in total. The molecule has 0 spiro atoms. The predicted octanol–water partition coefficient (Wildman–Crippen LogP) is 4.66. The van der Waals surface area contributed by atoms with Crippen LogP contribution < -0.4 is 9.47 Å². The van der Waals surface area contributed by atoms with Gasteiger partial charge in [0.15, 0.2) is 0 Å². The number of aromatic nitrogens is 3. The van der Waals surface area contributed by atoms with Crippen LogP contribution in [-0.2, 0) is 11.2 Å². The summed E-state index contributed by atoms with van der Waals surface area (Å²) in [6, 6.07) is 17.6. The van der Waals surface area contributed by atoms with Crippen LogP contribution in [0.4, 0.5) is 0 Å². The molecule has 7 nitrogen and oxygen atoms in total. The van der Waals surface area contributed by atoms with Gasteiger partial charge >= 0.3 is 5.97 Å². The Hall–Kier alpha value is -3.87. The number of carboxylic acids is 1. The van der Waals surface area contributed by atoms with Crippen LogP contribution >= 0.6 is 0 Å². The van der Waals surface area contributed by atoms with Crippen molar-refractivity contribution in [3.05, 3.63) is 83.8 Å². The zero-order valence-electron chi connectivity index (χ0n) is 17.4. The van der Waals surface area contributed by atoms with E-state index in [9.17, 15) is 9.90 Å². The van der Waals surface area contributed by atoms with Gasteiger partial charge in [0.1, 0.15) is 17.6 Å². The number of nitrogens with zero attached hydrogens (tertiary/aromatic N) is 2. The molecule has 0 saturated heterocycles. The Kier molecular flexibility index (Phi) is 5.46. The van der Waals surface area contributed by atoms with Crippen LogP contribution in [-0.4, -0.2) is 32.9 Å². The van der Waals surface area contributed by atoms with Gasteiger partial charge in [0, 0.05) is 35.7 Å². The first-order valence-electron chi connectivity index (χ1n) is 10.6. The Bertz CT molecular complexity index is 1240. The molecular weight excluding hydrogens is 406 g/mol. The number of pyridine rings is 1. The highest BCUT2D eigenvalue weighted by atomic mass is 16.5. The zero-order valence-corrected chi connectivity index (χ0v) is 17.4. The molecule has 2 unspecified atom stereocenters. The maximum Gasteiger partial charge on any atom is 0.303 e. The summed E-state index contributed by atoms with van der Waals surface area (Å²) in [5.41, 5.74) is 3.84. The lowest BCUT2D eigenvalue weighted by molar-refractivity contribution is -0.137. The number of fused-ring (bicyclic) bond motifs is 2. The fraction of sp³-hybridized carbons (Fsp3) is 0.240. The summed E-state index contributed by atoms with van der Waals surface area (Å²) in [7, 11) is 0. The van der Waals surface area contributed by atoms with Gasteiger partial charge in [-0.15, -0.1) is 0 Å². The number of aliphatic carboxylic acids is 1. The van der Waals surface area contributed by atoms with Crippen molar-refractivity contribution < 1.29 is 19.4 Å². The molecule has 0 fully saturated rings. The van der Waals surface area contributed by atoms with Crippen molar-refractivity contribution in [1.82, 2.24) is 15.2 Å². The number of aromatic amines is 1. The largest absolute Gasteiger partial charge is 0.493 e. The van der Waals surface area contributed by atoms with E-state index in [1.54, 1.807) is 12.4 Å². The van der Waals surface area contributed by atoms with Crippen LogP contribution in [0.2, 0.25) is 0 Å². The summed E-state index contributed by atoms with van der Waals surface area (Å²) in [4.78, 5) is 15.7. The number of carbonyl (C=O) groups is 1. The number of hydrogen-bond donors (Lipinski definition) is 2. The second kappa shape index (κ2) is 8.70. The summed E-state index contributed by atoms with van der Waals surface area (Å²) in [6.45, 7) is 0.503. The highest BCUT2D eigenvalue weighted by molar-refractivity contribution is 5.78. The molecule has 32 heavy (non-hydrogen) atoms. The fourth-order valence-corrected chi connectivity index (χ4v) is 4.20. The van der Waals surface area contributed by atoms with Gasteiger partial charge in [0.05, 0.1) is 24.7 Å². The van der Waals surface area contributed by atoms with Gasteiger partial charge in [-0.3, -0.25) is 14.9 Å². The Balaban J connectivity index is 1.45. The maximum absolute atomic E-state index is 11.2. The van der Waals surface area contributed by atoms with E-state index in [0.717, 1.165) is 27.7 Å². The molecule has 0 radical (unpaired) electrons. The van der Waals surface area contributed by atoms with E-state index >= 15 is 0 Å². The average molecular weight is 429 g/mol. The second-order valence-corrected chi connectivity index (χ2v) is 7.98. The molecular formula is C25H23N3O4. The minimum absolute atomic E-state index is 0.0434. The van der Waals surface area contributed by atoms with Crippen LogP contribution in [0.1, 0.15) is 41.7 Å². The normalized spacial score (nSPS) is 16.2.